The van der Waals surface area contributed by atoms with E-state index in [1.54, 1.807) is 11.8 Å². The minimum atomic E-state index is 0.0504. The second-order valence-corrected chi connectivity index (χ2v) is 7.72. The molecule has 0 saturated heterocycles. The second kappa shape index (κ2) is 7.96. The van der Waals surface area contributed by atoms with E-state index >= 15 is 0 Å². The topological polar surface area (TPSA) is 38.3 Å². The fourth-order valence-electron chi connectivity index (χ4n) is 3.33. The second-order valence-electron chi connectivity index (χ2n) is 6.74. The standard InChI is InChI=1S/C21H25NO2S/c1-14-5-4-6-17(10-14)12-25-13-20(23)22-19-7-8-24-21-16(3)9-15(2)11-18(19)21/h4-6,9-11,19H,7-8,12-13H2,1-3H3,(H,22,23). The third-order valence-electron chi connectivity index (χ3n) is 4.40. The summed E-state index contributed by atoms with van der Waals surface area (Å²) in [6.45, 7) is 6.89. The number of carbonyl (C=O) groups excluding carboxylic acids is 1. The molecular formula is C21H25NO2S. The highest BCUT2D eigenvalue weighted by Gasteiger charge is 2.24. The van der Waals surface area contributed by atoms with E-state index in [9.17, 15) is 4.79 Å². The summed E-state index contributed by atoms with van der Waals surface area (Å²) < 4.78 is 5.81. The van der Waals surface area contributed by atoms with E-state index in [4.69, 9.17) is 4.74 Å². The van der Waals surface area contributed by atoms with Gasteiger partial charge in [-0.3, -0.25) is 4.79 Å². The Hall–Kier alpha value is -1.94. The molecule has 2 aromatic rings. The van der Waals surface area contributed by atoms with Crippen molar-refractivity contribution in [3.63, 3.8) is 0 Å². The van der Waals surface area contributed by atoms with Gasteiger partial charge in [0.05, 0.1) is 18.4 Å². The summed E-state index contributed by atoms with van der Waals surface area (Å²) in [4.78, 5) is 12.4. The predicted octanol–water partition coefficient (Wildman–Crippen LogP) is 4.49. The van der Waals surface area contributed by atoms with Gasteiger partial charge in [-0.1, -0.05) is 47.5 Å². The molecule has 2 aromatic carbocycles. The normalized spacial score (nSPS) is 16.0. The van der Waals surface area contributed by atoms with Crippen LogP contribution in [-0.4, -0.2) is 18.3 Å². The molecule has 0 aliphatic carbocycles. The highest BCUT2D eigenvalue weighted by molar-refractivity contribution is 7.99. The number of fused-ring (bicyclic) bond motifs is 1. The smallest absolute Gasteiger partial charge is 0.230 e. The molecule has 3 nitrogen and oxygen atoms in total. The lowest BCUT2D eigenvalue weighted by Gasteiger charge is -2.28. The van der Waals surface area contributed by atoms with Crippen molar-refractivity contribution in [1.82, 2.24) is 5.32 Å². The summed E-state index contributed by atoms with van der Waals surface area (Å²) in [6, 6.07) is 12.7. The first-order chi connectivity index (χ1) is 12.0. The van der Waals surface area contributed by atoms with E-state index in [1.807, 2.05) is 0 Å². The summed E-state index contributed by atoms with van der Waals surface area (Å²) in [5.74, 6) is 2.37. The lowest BCUT2D eigenvalue weighted by atomic mass is 9.96. The fraction of sp³-hybridized carbons (Fsp3) is 0.381. The summed E-state index contributed by atoms with van der Waals surface area (Å²) in [5.41, 5.74) is 5.98. The van der Waals surface area contributed by atoms with E-state index in [1.165, 1.54) is 16.7 Å². The zero-order valence-corrected chi connectivity index (χ0v) is 15.9. The van der Waals surface area contributed by atoms with Crippen LogP contribution in [0.3, 0.4) is 0 Å². The van der Waals surface area contributed by atoms with Crippen LogP contribution in [-0.2, 0) is 10.5 Å². The maximum atomic E-state index is 12.4. The largest absolute Gasteiger partial charge is 0.493 e. The molecule has 0 radical (unpaired) electrons. The van der Waals surface area contributed by atoms with E-state index in [2.05, 4.69) is 62.5 Å². The van der Waals surface area contributed by atoms with Crippen molar-refractivity contribution in [3.8, 4) is 5.75 Å². The van der Waals surface area contributed by atoms with Gasteiger partial charge in [0.15, 0.2) is 0 Å². The van der Waals surface area contributed by atoms with Crippen molar-refractivity contribution in [2.45, 2.75) is 39.0 Å². The maximum absolute atomic E-state index is 12.4. The van der Waals surface area contributed by atoms with E-state index in [0.29, 0.717) is 12.4 Å². The highest BCUT2D eigenvalue weighted by Crippen LogP contribution is 2.35. The SMILES string of the molecule is Cc1cccc(CSCC(=O)NC2CCOc3c(C)cc(C)cc32)c1. The third-order valence-corrected chi connectivity index (χ3v) is 5.40. The average Bonchev–Trinajstić information content (AvgIpc) is 2.55. The number of aryl methyl sites for hydroxylation is 3. The summed E-state index contributed by atoms with van der Waals surface area (Å²) in [5, 5.41) is 3.19. The molecule has 0 bridgehead atoms. The van der Waals surface area contributed by atoms with Crippen LogP contribution in [0.4, 0.5) is 0 Å². The van der Waals surface area contributed by atoms with Crippen LogP contribution in [0.2, 0.25) is 0 Å². The lowest BCUT2D eigenvalue weighted by Crippen LogP contribution is -2.33. The molecule has 0 fully saturated rings. The molecule has 1 aliphatic rings. The van der Waals surface area contributed by atoms with Crippen molar-refractivity contribution in [2.75, 3.05) is 12.4 Å². The van der Waals surface area contributed by atoms with Crippen LogP contribution >= 0.6 is 11.8 Å². The Morgan fingerprint density at radius 3 is 2.84 bits per heavy atom. The zero-order chi connectivity index (χ0) is 17.8. The first kappa shape index (κ1) is 17.9. The molecule has 1 amide bonds. The van der Waals surface area contributed by atoms with Gasteiger partial charge in [0.2, 0.25) is 5.91 Å². The van der Waals surface area contributed by atoms with Gasteiger partial charge < -0.3 is 10.1 Å². The first-order valence-corrected chi connectivity index (χ1v) is 9.85. The summed E-state index contributed by atoms with van der Waals surface area (Å²) >= 11 is 1.66. The number of hydrogen-bond donors (Lipinski definition) is 1. The molecule has 1 atom stereocenters. The van der Waals surface area contributed by atoms with E-state index < -0.39 is 0 Å². The fourth-order valence-corrected chi connectivity index (χ4v) is 4.11. The number of rotatable bonds is 5. The summed E-state index contributed by atoms with van der Waals surface area (Å²) in [6.07, 6.45) is 0.824. The minimum Gasteiger partial charge on any atom is -0.493 e. The molecule has 3 rings (SSSR count). The van der Waals surface area contributed by atoms with Crippen molar-refractivity contribution < 1.29 is 9.53 Å². The molecule has 1 heterocycles. The highest BCUT2D eigenvalue weighted by atomic mass is 32.2. The van der Waals surface area contributed by atoms with Gasteiger partial charge in [-0.05, 0) is 31.9 Å². The number of benzene rings is 2. The van der Waals surface area contributed by atoms with Gasteiger partial charge in [-0.25, -0.2) is 0 Å². The molecule has 25 heavy (non-hydrogen) atoms. The maximum Gasteiger partial charge on any atom is 0.230 e. The molecule has 132 valence electrons. The molecule has 4 heteroatoms. The molecule has 1 aliphatic heterocycles. The van der Waals surface area contributed by atoms with Crippen LogP contribution < -0.4 is 10.1 Å². The van der Waals surface area contributed by atoms with E-state index in [0.717, 1.165) is 29.1 Å². The summed E-state index contributed by atoms with van der Waals surface area (Å²) in [7, 11) is 0. The van der Waals surface area contributed by atoms with Gasteiger partial charge in [-0.15, -0.1) is 11.8 Å². The molecule has 1 unspecified atom stereocenters. The Morgan fingerprint density at radius 2 is 2.04 bits per heavy atom. The van der Waals surface area contributed by atoms with Gasteiger partial charge >= 0.3 is 0 Å². The Balaban J connectivity index is 1.57. The minimum absolute atomic E-state index is 0.0504. The Morgan fingerprint density at radius 1 is 1.20 bits per heavy atom. The quantitative estimate of drug-likeness (QED) is 0.859. The number of carbonyl (C=O) groups is 1. The van der Waals surface area contributed by atoms with Crippen LogP contribution in [0.15, 0.2) is 36.4 Å². The number of ether oxygens (including phenoxy) is 1. The van der Waals surface area contributed by atoms with Gasteiger partial charge in [0.25, 0.3) is 0 Å². The van der Waals surface area contributed by atoms with Crippen LogP contribution in [0.5, 0.6) is 5.75 Å². The monoisotopic (exact) mass is 355 g/mol. The van der Waals surface area contributed by atoms with Crippen molar-refractivity contribution in [1.29, 1.82) is 0 Å². The van der Waals surface area contributed by atoms with Crippen LogP contribution in [0, 0.1) is 20.8 Å². The van der Waals surface area contributed by atoms with Gasteiger partial charge in [0, 0.05) is 17.7 Å². The number of hydrogen-bond acceptors (Lipinski definition) is 3. The van der Waals surface area contributed by atoms with Crippen LogP contribution in [0.25, 0.3) is 0 Å². The zero-order valence-electron chi connectivity index (χ0n) is 15.1. The van der Waals surface area contributed by atoms with Crippen molar-refractivity contribution >= 4 is 17.7 Å². The lowest BCUT2D eigenvalue weighted by molar-refractivity contribution is -0.119. The molecule has 0 saturated carbocycles. The van der Waals surface area contributed by atoms with Crippen LogP contribution in [0.1, 0.15) is 40.3 Å². The average molecular weight is 356 g/mol. The van der Waals surface area contributed by atoms with Gasteiger partial charge in [-0.2, -0.15) is 0 Å². The van der Waals surface area contributed by atoms with E-state index in [-0.39, 0.29) is 11.9 Å². The van der Waals surface area contributed by atoms with Crippen molar-refractivity contribution in [3.05, 3.63) is 64.2 Å². The molecular weight excluding hydrogens is 330 g/mol. The Kier molecular flexibility index (Phi) is 5.69. The third kappa shape index (κ3) is 4.57. The molecule has 1 N–H and O–H groups in total. The Bertz CT molecular complexity index is 772. The van der Waals surface area contributed by atoms with Gasteiger partial charge in [0.1, 0.15) is 5.75 Å². The molecule has 0 aromatic heterocycles. The first-order valence-electron chi connectivity index (χ1n) is 8.69. The molecule has 0 spiro atoms. The number of thioether (sulfide) groups is 1. The number of nitrogens with one attached hydrogen (secondary N) is 1. The number of amides is 1. The Labute approximate surface area is 154 Å². The van der Waals surface area contributed by atoms with Crippen molar-refractivity contribution in [2.24, 2.45) is 0 Å². The predicted molar refractivity (Wildman–Crippen MR) is 104 cm³/mol.